The first-order chi connectivity index (χ1) is 15.5. The highest BCUT2D eigenvalue weighted by Crippen LogP contribution is 2.42. The molecule has 4 rings (SSSR count). The summed E-state index contributed by atoms with van der Waals surface area (Å²) in [6.45, 7) is 0.421. The van der Waals surface area contributed by atoms with Crippen LogP contribution in [0.5, 0.6) is 5.75 Å². The first-order valence-electron chi connectivity index (χ1n) is 10.7. The molecule has 1 aliphatic heterocycles. The summed E-state index contributed by atoms with van der Waals surface area (Å²) < 4.78 is 6.14. The number of benzene rings is 1. The zero-order valence-electron chi connectivity index (χ0n) is 17.9. The molecule has 2 aromatic rings. The van der Waals surface area contributed by atoms with E-state index in [1.807, 2.05) is 42.5 Å². The molecule has 6 nitrogen and oxygen atoms in total. The molecule has 2 fully saturated rings. The summed E-state index contributed by atoms with van der Waals surface area (Å²) >= 11 is 5.17. The fourth-order valence-electron chi connectivity index (χ4n) is 4.19. The molecule has 1 aliphatic carbocycles. The molecule has 1 aromatic carbocycles. The van der Waals surface area contributed by atoms with Gasteiger partial charge in [0.25, 0.3) is 5.91 Å². The van der Waals surface area contributed by atoms with Gasteiger partial charge < -0.3 is 15.0 Å². The van der Waals surface area contributed by atoms with Crippen molar-refractivity contribution in [2.24, 2.45) is 0 Å². The number of amides is 2. The van der Waals surface area contributed by atoms with Gasteiger partial charge in [-0.2, -0.15) is 0 Å². The van der Waals surface area contributed by atoms with Crippen LogP contribution in [0.3, 0.4) is 0 Å². The van der Waals surface area contributed by atoms with Gasteiger partial charge >= 0.3 is 0 Å². The minimum Gasteiger partial charge on any atom is -0.496 e. The minimum absolute atomic E-state index is 0.0665. The molecule has 2 aliphatic rings. The highest BCUT2D eigenvalue weighted by atomic mass is 79.9. The maximum Gasteiger partial charge on any atom is 0.261 e. The van der Waals surface area contributed by atoms with Gasteiger partial charge in [-0.15, -0.1) is 11.8 Å². The lowest BCUT2D eigenvalue weighted by molar-refractivity contribution is -0.135. The standard InChI is InChI=1S/C24H26BrN3O3S/c1-31-20-10-9-16(12-18(20)25)13-22-24(30)28(19-7-2-3-8-21(19)32-22)15-23(29)27-14-17-6-4-5-11-26-17/h4-6,9-13,19,21H,2-3,7-8,14-15H2,1H3,(H,27,29)/b22-13-. The first kappa shape index (κ1) is 22.9. The predicted molar refractivity (Wildman–Crippen MR) is 130 cm³/mol. The summed E-state index contributed by atoms with van der Waals surface area (Å²) in [5.74, 6) is 0.512. The Labute approximate surface area is 200 Å². The van der Waals surface area contributed by atoms with Crippen molar-refractivity contribution in [2.45, 2.75) is 43.5 Å². The third kappa shape index (κ3) is 5.35. The number of pyridine rings is 1. The minimum atomic E-state index is -0.160. The predicted octanol–water partition coefficient (Wildman–Crippen LogP) is 4.40. The van der Waals surface area contributed by atoms with Gasteiger partial charge in [0.1, 0.15) is 12.3 Å². The molecule has 32 heavy (non-hydrogen) atoms. The largest absolute Gasteiger partial charge is 0.496 e. The van der Waals surface area contributed by atoms with E-state index in [9.17, 15) is 9.59 Å². The Morgan fingerprint density at radius 1 is 1.31 bits per heavy atom. The number of thioether (sulfide) groups is 1. The number of hydrogen-bond acceptors (Lipinski definition) is 5. The van der Waals surface area contributed by atoms with E-state index in [2.05, 4.69) is 26.2 Å². The Kier molecular flexibility index (Phi) is 7.52. The average molecular weight is 516 g/mol. The van der Waals surface area contributed by atoms with Crippen LogP contribution in [0.4, 0.5) is 0 Å². The molecular weight excluding hydrogens is 490 g/mol. The maximum atomic E-state index is 13.4. The van der Waals surface area contributed by atoms with Crippen LogP contribution < -0.4 is 10.1 Å². The van der Waals surface area contributed by atoms with Crippen molar-refractivity contribution in [3.05, 3.63) is 63.2 Å². The van der Waals surface area contributed by atoms with Gasteiger partial charge in [-0.05, 0) is 64.7 Å². The Morgan fingerprint density at radius 2 is 2.16 bits per heavy atom. The number of aromatic nitrogens is 1. The fraction of sp³-hybridized carbons (Fsp3) is 0.375. The SMILES string of the molecule is COc1ccc(/C=C2\SC3CCCCC3N(CC(=O)NCc3ccccn3)C2=O)cc1Br. The number of rotatable bonds is 6. The number of fused-ring (bicyclic) bond motifs is 1. The molecule has 168 valence electrons. The van der Waals surface area contributed by atoms with Crippen LogP contribution in [0.1, 0.15) is 36.9 Å². The molecule has 2 unspecified atom stereocenters. The van der Waals surface area contributed by atoms with E-state index in [0.717, 1.165) is 47.2 Å². The molecule has 1 aromatic heterocycles. The summed E-state index contributed by atoms with van der Waals surface area (Å²) in [5, 5.41) is 3.22. The van der Waals surface area contributed by atoms with Crippen LogP contribution in [0.15, 0.2) is 52.0 Å². The topological polar surface area (TPSA) is 71.5 Å². The van der Waals surface area contributed by atoms with E-state index in [1.54, 1.807) is 30.0 Å². The first-order valence-corrected chi connectivity index (χ1v) is 12.4. The van der Waals surface area contributed by atoms with Crippen LogP contribution in [0, 0.1) is 0 Å². The zero-order valence-corrected chi connectivity index (χ0v) is 20.3. The van der Waals surface area contributed by atoms with Gasteiger partial charge in [0.15, 0.2) is 0 Å². The maximum absolute atomic E-state index is 13.4. The van der Waals surface area contributed by atoms with E-state index in [1.165, 1.54) is 0 Å². The number of nitrogens with one attached hydrogen (secondary N) is 1. The Hall–Kier alpha value is -2.32. The molecule has 1 saturated heterocycles. The Morgan fingerprint density at radius 3 is 2.91 bits per heavy atom. The quantitative estimate of drug-likeness (QED) is 0.577. The zero-order chi connectivity index (χ0) is 22.5. The van der Waals surface area contributed by atoms with E-state index in [0.29, 0.717) is 16.7 Å². The van der Waals surface area contributed by atoms with Crippen LogP contribution in [0.2, 0.25) is 0 Å². The van der Waals surface area contributed by atoms with Crippen LogP contribution in [-0.4, -0.2) is 46.6 Å². The van der Waals surface area contributed by atoms with Gasteiger partial charge in [0, 0.05) is 17.5 Å². The summed E-state index contributed by atoms with van der Waals surface area (Å²) in [7, 11) is 1.62. The van der Waals surface area contributed by atoms with E-state index >= 15 is 0 Å². The summed E-state index contributed by atoms with van der Waals surface area (Å²) in [5.41, 5.74) is 1.71. The Bertz CT molecular complexity index is 1010. The van der Waals surface area contributed by atoms with Crippen LogP contribution in [-0.2, 0) is 16.1 Å². The highest BCUT2D eigenvalue weighted by Gasteiger charge is 2.41. The highest BCUT2D eigenvalue weighted by molar-refractivity contribution is 9.10. The summed E-state index contributed by atoms with van der Waals surface area (Å²) in [6.07, 6.45) is 7.86. The summed E-state index contributed by atoms with van der Waals surface area (Å²) in [4.78, 5) is 32.8. The smallest absolute Gasteiger partial charge is 0.261 e. The molecule has 0 spiro atoms. The van der Waals surface area contributed by atoms with E-state index < -0.39 is 0 Å². The molecule has 2 atom stereocenters. The lowest BCUT2D eigenvalue weighted by Gasteiger charge is -2.43. The average Bonchev–Trinajstić information content (AvgIpc) is 2.81. The molecule has 0 radical (unpaired) electrons. The van der Waals surface area contributed by atoms with Gasteiger partial charge in [-0.25, -0.2) is 0 Å². The molecular formula is C24H26BrN3O3S. The van der Waals surface area contributed by atoms with Crippen molar-refractivity contribution in [3.8, 4) is 5.75 Å². The Balaban J connectivity index is 1.51. The molecule has 1 N–H and O–H groups in total. The van der Waals surface area contributed by atoms with E-state index in [-0.39, 0.29) is 24.4 Å². The molecule has 2 amide bonds. The van der Waals surface area contributed by atoms with Crippen molar-refractivity contribution in [3.63, 3.8) is 0 Å². The van der Waals surface area contributed by atoms with Crippen molar-refractivity contribution in [1.82, 2.24) is 15.2 Å². The van der Waals surface area contributed by atoms with Gasteiger partial charge in [0.2, 0.25) is 5.91 Å². The lowest BCUT2D eigenvalue weighted by atomic mass is 9.93. The van der Waals surface area contributed by atoms with Crippen molar-refractivity contribution < 1.29 is 14.3 Å². The molecule has 0 bridgehead atoms. The van der Waals surface area contributed by atoms with Crippen LogP contribution >= 0.6 is 27.7 Å². The number of ether oxygens (including phenoxy) is 1. The molecule has 8 heteroatoms. The molecule has 2 heterocycles. The van der Waals surface area contributed by atoms with Gasteiger partial charge in [-0.1, -0.05) is 25.0 Å². The number of carbonyl (C=O) groups is 2. The second kappa shape index (κ2) is 10.5. The summed E-state index contributed by atoms with van der Waals surface area (Å²) in [6, 6.07) is 11.4. The van der Waals surface area contributed by atoms with Gasteiger partial charge in [-0.3, -0.25) is 14.6 Å². The van der Waals surface area contributed by atoms with E-state index in [4.69, 9.17) is 4.74 Å². The third-order valence-electron chi connectivity index (χ3n) is 5.80. The van der Waals surface area contributed by atoms with Crippen molar-refractivity contribution in [2.75, 3.05) is 13.7 Å². The second-order valence-corrected chi connectivity index (χ2v) is 10.1. The number of carbonyl (C=O) groups excluding carboxylic acids is 2. The number of hydrogen-bond donors (Lipinski definition) is 1. The number of halogens is 1. The third-order valence-corrected chi connectivity index (χ3v) is 7.82. The fourth-order valence-corrected chi connectivity index (χ4v) is 6.22. The molecule has 1 saturated carbocycles. The second-order valence-electron chi connectivity index (χ2n) is 7.94. The van der Waals surface area contributed by atoms with Gasteiger partial charge in [0.05, 0.1) is 28.7 Å². The van der Waals surface area contributed by atoms with Crippen LogP contribution in [0.25, 0.3) is 6.08 Å². The number of nitrogens with zero attached hydrogens (tertiary/aromatic N) is 2. The van der Waals surface area contributed by atoms with Crippen molar-refractivity contribution in [1.29, 1.82) is 0 Å². The monoisotopic (exact) mass is 515 g/mol. The van der Waals surface area contributed by atoms with Crippen molar-refractivity contribution >= 4 is 45.6 Å². The lowest BCUT2D eigenvalue weighted by Crippen LogP contribution is -2.54. The number of methoxy groups -OCH3 is 1. The normalized spacial score (nSPS) is 21.9.